The van der Waals surface area contributed by atoms with Crippen LogP contribution in [0.25, 0.3) is 0 Å². The van der Waals surface area contributed by atoms with Crippen molar-refractivity contribution in [1.82, 2.24) is 4.90 Å². The number of carbonyl (C=O) groups excluding carboxylic acids is 1. The second kappa shape index (κ2) is 7.64. The molecular formula is C19H24N2O. The second-order valence-electron chi connectivity index (χ2n) is 5.50. The van der Waals surface area contributed by atoms with Crippen molar-refractivity contribution in [1.29, 1.82) is 0 Å². The summed E-state index contributed by atoms with van der Waals surface area (Å²) in [5.41, 5.74) is 9.58. The summed E-state index contributed by atoms with van der Waals surface area (Å²) in [5.74, 6) is 0.114. The van der Waals surface area contributed by atoms with E-state index in [1.54, 1.807) is 0 Å². The van der Waals surface area contributed by atoms with Gasteiger partial charge in [-0.05, 0) is 55.2 Å². The number of anilines is 1. The zero-order valence-corrected chi connectivity index (χ0v) is 13.4. The molecule has 22 heavy (non-hydrogen) atoms. The third kappa shape index (κ3) is 4.10. The van der Waals surface area contributed by atoms with Crippen molar-refractivity contribution in [3.63, 3.8) is 0 Å². The van der Waals surface area contributed by atoms with Gasteiger partial charge < -0.3 is 10.6 Å². The van der Waals surface area contributed by atoms with Crippen LogP contribution in [0.3, 0.4) is 0 Å². The molecule has 0 saturated carbocycles. The van der Waals surface area contributed by atoms with Crippen LogP contribution in [0, 0.1) is 0 Å². The monoisotopic (exact) mass is 296 g/mol. The average molecular weight is 296 g/mol. The van der Waals surface area contributed by atoms with Gasteiger partial charge in [-0.2, -0.15) is 0 Å². The van der Waals surface area contributed by atoms with Crippen LogP contribution >= 0.6 is 0 Å². The van der Waals surface area contributed by atoms with E-state index in [1.807, 2.05) is 54.3 Å². The van der Waals surface area contributed by atoms with E-state index in [2.05, 4.69) is 13.0 Å². The predicted molar refractivity (Wildman–Crippen MR) is 92.0 cm³/mol. The van der Waals surface area contributed by atoms with Crippen LogP contribution in [0.1, 0.15) is 41.8 Å². The van der Waals surface area contributed by atoms with Gasteiger partial charge in [-0.15, -0.1) is 0 Å². The average Bonchev–Trinajstić information content (AvgIpc) is 2.54. The second-order valence-corrected chi connectivity index (χ2v) is 5.50. The number of carbonyl (C=O) groups is 1. The van der Waals surface area contributed by atoms with Crippen LogP contribution < -0.4 is 5.73 Å². The number of nitrogens with zero attached hydrogens (tertiary/aromatic N) is 1. The maximum Gasteiger partial charge on any atom is 0.253 e. The zero-order chi connectivity index (χ0) is 15.9. The fourth-order valence-corrected chi connectivity index (χ4v) is 2.54. The lowest BCUT2D eigenvalue weighted by Crippen LogP contribution is -2.31. The zero-order valence-electron chi connectivity index (χ0n) is 13.4. The summed E-state index contributed by atoms with van der Waals surface area (Å²) in [7, 11) is 0. The van der Waals surface area contributed by atoms with Crippen molar-refractivity contribution in [2.75, 3.05) is 18.8 Å². The summed E-state index contributed by atoms with van der Waals surface area (Å²) in [6, 6.07) is 15.8. The Hall–Kier alpha value is -2.29. The summed E-state index contributed by atoms with van der Waals surface area (Å²) in [6.07, 6.45) is 1.78. The Labute approximate surface area is 132 Å². The molecule has 0 aliphatic rings. The van der Waals surface area contributed by atoms with E-state index < -0.39 is 0 Å². The van der Waals surface area contributed by atoms with E-state index in [0.717, 1.165) is 42.7 Å². The van der Waals surface area contributed by atoms with Crippen molar-refractivity contribution in [2.45, 2.75) is 26.7 Å². The topological polar surface area (TPSA) is 46.3 Å². The van der Waals surface area contributed by atoms with Gasteiger partial charge in [0.2, 0.25) is 0 Å². The Morgan fingerprint density at radius 3 is 2.41 bits per heavy atom. The molecule has 3 heteroatoms. The Morgan fingerprint density at radius 2 is 1.77 bits per heavy atom. The SMILES string of the molecule is CCCN(CC)C(=O)c1cccc(Cc2ccc(N)cc2)c1. The van der Waals surface area contributed by atoms with E-state index in [-0.39, 0.29) is 5.91 Å². The molecule has 2 rings (SSSR count). The van der Waals surface area contributed by atoms with Crippen LogP contribution in [0.2, 0.25) is 0 Å². The van der Waals surface area contributed by atoms with E-state index >= 15 is 0 Å². The molecule has 0 heterocycles. The highest BCUT2D eigenvalue weighted by atomic mass is 16.2. The van der Waals surface area contributed by atoms with Crippen LogP contribution in [0.4, 0.5) is 5.69 Å². The van der Waals surface area contributed by atoms with Gasteiger partial charge in [0, 0.05) is 24.3 Å². The smallest absolute Gasteiger partial charge is 0.253 e. The molecule has 0 fully saturated rings. The van der Waals surface area contributed by atoms with E-state index in [4.69, 9.17) is 5.73 Å². The van der Waals surface area contributed by atoms with Crippen LogP contribution in [0.5, 0.6) is 0 Å². The molecule has 2 aromatic carbocycles. The molecule has 0 aliphatic carbocycles. The Bertz CT molecular complexity index is 620. The van der Waals surface area contributed by atoms with Gasteiger partial charge in [0.1, 0.15) is 0 Å². The molecule has 0 unspecified atom stereocenters. The predicted octanol–water partition coefficient (Wildman–Crippen LogP) is 3.73. The summed E-state index contributed by atoms with van der Waals surface area (Å²) < 4.78 is 0. The number of hydrogen-bond acceptors (Lipinski definition) is 2. The molecular weight excluding hydrogens is 272 g/mol. The number of rotatable bonds is 6. The van der Waals surface area contributed by atoms with Crippen molar-refractivity contribution >= 4 is 11.6 Å². The van der Waals surface area contributed by atoms with Crippen LogP contribution in [-0.4, -0.2) is 23.9 Å². The Kier molecular flexibility index (Phi) is 5.59. The first kappa shape index (κ1) is 16.1. The van der Waals surface area contributed by atoms with Gasteiger partial charge in [-0.3, -0.25) is 4.79 Å². The number of benzene rings is 2. The van der Waals surface area contributed by atoms with Gasteiger partial charge >= 0.3 is 0 Å². The third-order valence-electron chi connectivity index (χ3n) is 3.72. The minimum atomic E-state index is 0.114. The fraction of sp³-hybridized carbons (Fsp3) is 0.316. The summed E-state index contributed by atoms with van der Waals surface area (Å²) in [5, 5.41) is 0. The standard InChI is InChI=1S/C19H24N2O/c1-3-12-21(4-2)19(22)17-7-5-6-16(14-17)13-15-8-10-18(20)11-9-15/h5-11,14H,3-4,12-13,20H2,1-2H3. The maximum absolute atomic E-state index is 12.5. The highest BCUT2D eigenvalue weighted by Crippen LogP contribution is 2.14. The molecule has 0 saturated heterocycles. The molecule has 116 valence electrons. The number of hydrogen-bond donors (Lipinski definition) is 1. The largest absolute Gasteiger partial charge is 0.399 e. The van der Waals surface area contributed by atoms with E-state index in [1.165, 1.54) is 5.56 Å². The summed E-state index contributed by atoms with van der Waals surface area (Å²) >= 11 is 0. The van der Waals surface area contributed by atoms with Gasteiger partial charge in [0.25, 0.3) is 5.91 Å². The molecule has 0 spiro atoms. The van der Waals surface area contributed by atoms with Crippen molar-refractivity contribution in [3.8, 4) is 0 Å². The molecule has 2 aromatic rings. The number of nitrogens with two attached hydrogens (primary N) is 1. The molecule has 0 aromatic heterocycles. The lowest BCUT2D eigenvalue weighted by molar-refractivity contribution is 0.0764. The minimum Gasteiger partial charge on any atom is -0.399 e. The van der Waals surface area contributed by atoms with Crippen molar-refractivity contribution in [3.05, 3.63) is 65.2 Å². The van der Waals surface area contributed by atoms with Gasteiger partial charge in [-0.1, -0.05) is 31.2 Å². The first-order valence-corrected chi connectivity index (χ1v) is 7.86. The molecule has 0 aliphatic heterocycles. The first-order valence-electron chi connectivity index (χ1n) is 7.86. The lowest BCUT2D eigenvalue weighted by atomic mass is 10.0. The summed E-state index contributed by atoms with van der Waals surface area (Å²) in [6.45, 7) is 5.66. The van der Waals surface area contributed by atoms with Gasteiger partial charge in [-0.25, -0.2) is 0 Å². The minimum absolute atomic E-state index is 0.114. The van der Waals surface area contributed by atoms with E-state index in [9.17, 15) is 4.79 Å². The highest BCUT2D eigenvalue weighted by molar-refractivity contribution is 5.94. The highest BCUT2D eigenvalue weighted by Gasteiger charge is 2.13. The van der Waals surface area contributed by atoms with Gasteiger partial charge in [0.05, 0.1) is 0 Å². The molecule has 1 amide bonds. The first-order chi connectivity index (χ1) is 10.6. The van der Waals surface area contributed by atoms with E-state index in [0.29, 0.717) is 0 Å². The van der Waals surface area contributed by atoms with Gasteiger partial charge in [0.15, 0.2) is 0 Å². The molecule has 0 bridgehead atoms. The maximum atomic E-state index is 12.5. The lowest BCUT2D eigenvalue weighted by Gasteiger charge is -2.20. The van der Waals surface area contributed by atoms with Crippen LogP contribution in [-0.2, 0) is 6.42 Å². The van der Waals surface area contributed by atoms with Crippen LogP contribution in [0.15, 0.2) is 48.5 Å². The fourth-order valence-electron chi connectivity index (χ4n) is 2.54. The quantitative estimate of drug-likeness (QED) is 0.826. The Balaban J connectivity index is 2.15. The molecule has 0 atom stereocenters. The molecule has 3 nitrogen and oxygen atoms in total. The number of nitrogen functional groups attached to an aromatic ring is 1. The third-order valence-corrected chi connectivity index (χ3v) is 3.72. The van der Waals surface area contributed by atoms with Crippen molar-refractivity contribution in [2.24, 2.45) is 0 Å². The summed E-state index contributed by atoms with van der Waals surface area (Å²) in [4.78, 5) is 14.4. The molecule has 0 radical (unpaired) electrons. The normalized spacial score (nSPS) is 10.5. The Morgan fingerprint density at radius 1 is 1.05 bits per heavy atom. The number of amides is 1. The van der Waals surface area contributed by atoms with Crippen molar-refractivity contribution < 1.29 is 4.79 Å². The molecule has 2 N–H and O–H groups in total.